The molecule has 0 aliphatic heterocycles. The van der Waals surface area contributed by atoms with E-state index in [0.717, 1.165) is 25.1 Å². The third kappa shape index (κ3) is 17.7. The lowest BCUT2D eigenvalue weighted by atomic mass is 10.0. The Labute approximate surface area is 202 Å². The molecule has 1 heterocycles. The Bertz CT molecular complexity index is 501. The number of rotatable bonds is 21. The first-order chi connectivity index (χ1) is 14.8. The SMILES string of the molecule is CCCCCCCCCCCCCCCCOCC(C[n+]1cccc(CO)c1)OC.[Br-]. The quantitative estimate of drug-likeness (QED) is 0.208. The average Bonchev–Trinajstić information content (AvgIpc) is 2.78. The molecule has 1 N–H and O–H groups in total. The second kappa shape index (κ2) is 22.7. The van der Waals surface area contributed by atoms with Crippen molar-refractivity contribution in [2.24, 2.45) is 0 Å². The van der Waals surface area contributed by atoms with Gasteiger partial charge in [0.05, 0.1) is 13.2 Å². The number of unbranched alkanes of at least 4 members (excludes halogenated alkanes) is 13. The van der Waals surface area contributed by atoms with Crippen LogP contribution in [0, 0.1) is 0 Å². The predicted molar refractivity (Wildman–Crippen MR) is 124 cm³/mol. The number of hydrogen-bond donors (Lipinski definition) is 1. The number of methoxy groups -OCH3 is 1. The van der Waals surface area contributed by atoms with Crippen LogP contribution in [0.3, 0.4) is 0 Å². The molecule has 1 aromatic heterocycles. The molecular weight excluding hydrogens is 454 g/mol. The number of hydrogen-bond acceptors (Lipinski definition) is 3. The molecule has 4 nitrogen and oxygen atoms in total. The lowest BCUT2D eigenvalue weighted by Crippen LogP contribution is -3.00. The first-order valence-corrected chi connectivity index (χ1v) is 12.5. The minimum absolute atomic E-state index is 0. The van der Waals surface area contributed by atoms with Crippen molar-refractivity contribution in [1.82, 2.24) is 0 Å². The molecule has 0 aliphatic carbocycles. The maximum Gasteiger partial charge on any atom is 0.176 e. The van der Waals surface area contributed by atoms with Crippen LogP contribution in [0.5, 0.6) is 0 Å². The minimum atomic E-state index is 0. The zero-order chi connectivity index (χ0) is 21.7. The zero-order valence-electron chi connectivity index (χ0n) is 20.2. The van der Waals surface area contributed by atoms with Gasteiger partial charge in [0, 0.05) is 25.3 Å². The molecule has 0 spiro atoms. The topological polar surface area (TPSA) is 42.6 Å². The van der Waals surface area contributed by atoms with E-state index < -0.39 is 0 Å². The Kier molecular flexibility index (Phi) is 22.3. The standard InChI is InChI=1S/C26H48NO3.BrH/c1-3-4-5-6-7-8-9-10-11-12-13-14-15-16-20-30-24-26(29-2)22-27-19-17-18-25(21-27)23-28;/h17-19,21,26,28H,3-16,20,22-24H2,1-2H3;1H/q+1;/p-1. The summed E-state index contributed by atoms with van der Waals surface area (Å²) >= 11 is 0. The summed E-state index contributed by atoms with van der Waals surface area (Å²) in [5.74, 6) is 0. The van der Waals surface area contributed by atoms with Crippen molar-refractivity contribution in [2.75, 3.05) is 20.3 Å². The molecule has 5 heteroatoms. The maximum atomic E-state index is 9.24. The van der Waals surface area contributed by atoms with Gasteiger partial charge in [-0.15, -0.1) is 0 Å². The molecule has 1 unspecified atom stereocenters. The number of ether oxygens (including phenoxy) is 2. The summed E-state index contributed by atoms with van der Waals surface area (Å²) in [6.45, 7) is 4.52. The molecule has 0 aromatic carbocycles. The highest BCUT2D eigenvalue weighted by atomic mass is 79.9. The third-order valence-electron chi connectivity index (χ3n) is 5.80. The van der Waals surface area contributed by atoms with E-state index in [0.29, 0.717) is 6.61 Å². The van der Waals surface area contributed by atoms with Crippen LogP contribution >= 0.6 is 0 Å². The highest BCUT2D eigenvalue weighted by Crippen LogP contribution is 2.13. The average molecular weight is 503 g/mol. The molecule has 0 saturated carbocycles. The smallest absolute Gasteiger partial charge is 0.176 e. The molecule has 1 atom stereocenters. The highest BCUT2D eigenvalue weighted by molar-refractivity contribution is 5.03. The van der Waals surface area contributed by atoms with Crippen LogP contribution in [0.2, 0.25) is 0 Å². The Morgan fingerprint density at radius 3 is 1.94 bits per heavy atom. The number of aliphatic hydroxyl groups excluding tert-OH is 1. The maximum absolute atomic E-state index is 9.24. The van der Waals surface area contributed by atoms with E-state index in [1.54, 1.807) is 7.11 Å². The first kappa shape index (κ1) is 30.5. The molecular formula is C26H48BrNO3. The molecule has 0 amide bonds. The van der Waals surface area contributed by atoms with Crippen LogP contribution < -0.4 is 21.5 Å². The summed E-state index contributed by atoms with van der Waals surface area (Å²) in [7, 11) is 1.73. The van der Waals surface area contributed by atoms with Gasteiger partial charge in [-0.25, -0.2) is 4.57 Å². The molecule has 0 fully saturated rings. The van der Waals surface area contributed by atoms with Crippen molar-refractivity contribution in [2.45, 2.75) is 116 Å². The number of halogens is 1. The normalized spacial score (nSPS) is 12.0. The van der Waals surface area contributed by atoms with E-state index in [4.69, 9.17) is 9.47 Å². The van der Waals surface area contributed by atoms with Crippen molar-refractivity contribution in [1.29, 1.82) is 0 Å². The van der Waals surface area contributed by atoms with Crippen LogP contribution in [0.1, 0.15) is 102 Å². The van der Waals surface area contributed by atoms with Crippen molar-refractivity contribution < 1.29 is 36.1 Å². The third-order valence-corrected chi connectivity index (χ3v) is 5.80. The van der Waals surface area contributed by atoms with Gasteiger partial charge in [0.25, 0.3) is 0 Å². The molecule has 0 bridgehead atoms. The molecule has 0 radical (unpaired) electrons. The molecule has 0 saturated heterocycles. The van der Waals surface area contributed by atoms with Gasteiger partial charge < -0.3 is 31.6 Å². The Balaban J connectivity index is 0.00000900. The highest BCUT2D eigenvalue weighted by Gasteiger charge is 2.14. The first-order valence-electron chi connectivity index (χ1n) is 12.5. The van der Waals surface area contributed by atoms with E-state index in [1.807, 2.05) is 24.5 Å². The number of aliphatic hydroxyl groups is 1. The fourth-order valence-electron chi connectivity index (χ4n) is 3.83. The molecule has 1 rings (SSSR count). The monoisotopic (exact) mass is 501 g/mol. The second-order valence-electron chi connectivity index (χ2n) is 8.60. The Morgan fingerprint density at radius 1 is 0.871 bits per heavy atom. The predicted octanol–water partition coefficient (Wildman–Crippen LogP) is 2.98. The van der Waals surface area contributed by atoms with E-state index >= 15 is 0 Å². The van der Waals surface area contributed by atoms with E-state index in [-0.39, 0.29) is 29.7 Å². The van der Waals surface area contributed by atoms with Crippen molar-refractivity contribution >= 4 is 0 Å². The van der Waals surface area contributed by atoms with Gasteiger partial charge >= 0.3 is 0 Å². The summed E-state index contributed by atoms with van der Waals surface area (Å²) in [6.07, 6.45) is 23.3. The van der Waals surface area contributed by atoms with E-state index in [9.17, 15) is 5.11 Å². The van der Waals surface area contributed by atoms with Gasteiger partial charge in [0.1, 0.15) is 6.10 Å². The zero-order valence-corrected chi connectivity index (χ0v) is 21.8. The van der Waals surface area contributed by atoms with Gasteiger partial charge in [-0.05, 0) is 12.5 Å². The van der Waals surface area contributed by atoms with E-state index in [2.05, 4.69) is 11.5 Å². The lowest BCUT2D eigenvalue weighted by Gasteiger charge is -2.13. The molecule has 1 aromatic rings. The minimum Gasteiger partial charge on any atom is -1.00 e. The van der Waals surface area contributed by atoms with Crippen LogP contribution in [0.25, 0.3) is 0 Å². The van der Waals surface area contributed by atoms with Gasteiger partial charge in [-0.2, -0.15) is 0 Å². The van der Waals surface area contributed by atoms with Gasteiger partial charge in [0.2, 0.25) is 0 Å². The Morgan fingerprint density at radius 2 is 1.42 bits per heavy atom. The van der Waals surface area contributed by atoms with Crippen molar-refractivity contribution in [3.63, 3.8) is 0 Å². The van der Waals surface area contributed by atoms with Crippen molar-refractivity contribution in [3.05, 3.63) is 30.1 Å². The van der Waals surface area contributed by atoms with Crippen LogP contribution in [-0.2, 0) is 22.6 Å². The summed E-state index contributed by atoms with van der Waals surface area (Å²) in [6, 6.07) is 3.87. The lowest BCUT2D eigenvalue weighted by molar-refractivity contribution is -0.704. The number of nitrogens with zero attached hydrogens (tertiary/aromatic N) is 1. The number of aromatic nitrogens is 1. The summed E-state index contributed by atoms with van der Waals surface area (Å²) < 4.78 is 13.4. The molecule has 0 aliphatic rings. The fourth-order valence-corrected chi connectivity index (χ4v) is 3.83. The summed E-state index contributed by atoms with van der Waals surface area (Å²) in [5, 5.41) is 9.24. The summed E-state index contributed by atoms with van der Waals surface area (Å²) in [5.41, 5.74) is 0.913. The molecule has 31 heavy (non-hydrogen) atoms. The Hall–Kier alpha value is -0.490. The van der Waals surface area contributed by atoms with Gasteiger partial charge in [-0.1, -0.05) is 90.4 Å². The second-order valence-corrected chi connectivity index (χ2v) is 8.60. The van der Waals surface area contributed by atoms with Crippen LogP contribution in [0.15, 0.2) is 24.5 Å². The largest absolute Gasteiger partial charge is 1.00 e. The van der Waals surface area contributed by atoms with Gasteiger partial charge in [0.15, 0.2) is 18.9 Å². The van der Waals surface area contributed by atoms with Gasteiger partial charge in [-0.3, -0.25) is 0 Å². The molecule has 182 valence electrons. The van der Waals surface area contributed by atoms with Crippen LogP contribution in [-0.4, -0.2) is 31.5 Å². The fraction of sp³-hybridized carbons (Fsp3) is 0.808. The van der Waals surface area contributed by atoms with Crippen molar-refractivity contribution in [3.8, 4) is 0 Å². The summed E-state index contributed by atoms with van der Waals surface area (Å²) in [4.78, 5) is 0. The number of pyridine rings is 1. The van der Waals surface area contributed by atoms with E-state index in [1.165, 1.54) is 83.5 Å². The van der Waals surface area contributed by atoms with Crippen LogP contribution in [0.4, 0.5) is 0 Å².